The number of hydrogen-bond acceptors (Lipinski definition) is 3. The molecule has 0 radical (unpaired) electrons. The molecule has 0 atom stereocenters. The van der Waals surface area contributed by atoms with Crippen LogP contribution in [-0.2, 0) is 4.79 Å². The monoisotopic (exact) mass is 481 g/mol. The summed E-state index contributed by atoms with van der Waals surface area (Å²) < 4.78 is 2.70. The predicted molar refractivity (Wildman–Crippen MR) is 98.8 cm³/mol. The van der Waals surface area contributed by atoms with E-state index in [0.717, 1.165) is 44.1 Å². The van der Waals surface area contributed by atoms with E-state index in [-0.39, 0.29) is 12.5 Å². The van der Waals surface area contributed by atoms with Gasteiger partial charge >= 0.3 is 0 Å². The van der Waals surface area contributed by atoms with Crippen LogP contribution in [0.4, 0.5) is 5.69 Å². The highest BCUT2D eigenvalue weighted by molar-refractivity contribution is 9.11. The molecule has 1 amide bonds. The fraction of sp³-hybridized carbons (Fsp3) is 0.429. The third-order valence-electron chi connectivity index (χ3n) is 2.70. The first-order valence-electron chi connectivity index (χ1n) is 6.64. The minimum Gasteiger partial charge on any atom is -0.374 e. The van der Waals surface area contributed by atoms with Crippen molar-refractivity contribution in [2.75, 3.05) is 11.9 Å². The second kappa shape index (κ2) is 9.58. The standard InChI is InChI=1S/C14H18Br3N3O/c1-3-4-5-9(2)19-20-13(21)8-18-14-11(16)6-10(15)7-12(14)17/h6-7,18H,3-5,8H2,1-2H3,(H,20,21)/b19-9-. The van der Waals surface area contributed by atoms with Gasteiger partial charge < -0.3 is 5.32 Å². The molecule has 0 saturated heterocycles. The Labute approximate surface area is 150 Å². The topological polar surface area (TPSA) is 53.5 Å². The van der Waals surface area contributed by atoms with Crippen LogP contribution in [0.2, 0.25) is 0 Å². The van der Waals surface area contributed by atoms with Gasteiger partial charge in [0, 0.05) is 19.1 Å². The van der Waals surface area contributed by atoms with Gasteiger partial charge in [-0.15, -0.1) is 0 Å². The molecule has 0 aromatic heterocycles. The van der Waals surface area contributed by atoms with E-state index >= 15 is 0 Å². The average Bonchev–Trinajstić information content (AvgIpc) is 2.41. The zero-order valence-electron chi connectivity index (χ0n) is 12.0. The van der Waals surface area contributed by atoms with Crippen molar-refractivity contribution in [3.63, 3.8) is 0 Å². The molecular weight excluding hydrogens is 466 g/mol. The lowest BCUT2D eigenvalue weighted by Gasteiger charge is -2.10. The molecule has 7 heteroatoms. The maximum Gasteiger partial charge on any atom is 0.259 e. The summed E-state index contributed by atoms with van der Waals surface area (Å²) >= 11 is 10.3. The Bertz CT molecular complexity index is 509. The van der Waals surface area contributed by atoms with E-state index in [1.54, 1.807) is 0 Å². The summed E-state index contributed by atoms with van der Waals surface area (Å²) in [6.45, 7) is 4.21. The van der Waals surface area contributed by atoms with Crippen LogP contribution in [0.3, 0.4) is 0 Å². The van der Waals surface area contributed by atoms with E-state index in [9.17, 15) is 4.79 Å². The molecule has 1 aromatic rings. The van der Waals surface area contributed by atoms with Gasteiger partial charge in [0.2, 0.25) is 0 Å². The Hall–Kier alpha value is -0.400. The zero-order chi connectivity index (χ0) is 15.8. The molecule has 116 valence electrons. The van der Waals surface area contributed by atoms with E-state index in [2.05, 4.69) is 70.6 Å². The molecule has 2 N–H and O–H groups in total. The van der Waals surface area contributed by atoms with Gasteiger partial charge in [-0.25, -0.2) is 5.43 Å². The number of halogens is 3. The lowest BCUT2D eigenvalue weighted by molar-refractivity contribution is -0.119. The van der Waals surface area contributed by atoms with Crippen LogP contribution in [0.25, 0.3) is 0 Å². The minimum absolute atomic E-state index is 0.156. The summed E-state index contributed by atoms with van der Waals surface area (Å²) in [7, 11) is 0. The van der Waals surface area contributed by atoms with E-state index in [0.29, 0.717) is 0 Å². The SMILES string of the molecule is CCCC/C(C)=N\NC(=O)CNc1c(Br)cc(Br)cc1Br. The number of unbranched alkanes of at least 4 members (excludes halogenated alkanes) is 1. The van der Waals surface area contributed by atoms with Crippen molar-refractivity contribution in [2.45, 2.75) is 33.1 Å². The number of rotatable bonds is 7. The summed E-state index contributed by atoms with van der Waals surface area (Å²) in [4.78, 5) is 11.8. The molecule has 0 aliphatic carbocycles. The van der Waals surface area contributed by atoms with Crippen molar-refractivity contribution in [3.05, 3.63) is 25.6 Å². The summed E-state index contributed by atoms with van der Waals surface area (Å²) in [5.41, 5.74) is 4.33. The van der Waals surface area contributed by atoms with Crippen LogP contribution < -0.4 is 10.7 Å². The summed E-state index contributed by atoms with van der Waals surface area (Å²) in [5, 5.41) is 7.16. The second-order valence-electron chi connectivity index (χ2n) is 4.58. The third-order valence-corrected chi connectivity index (χ3v) is 4.40. The van der Waals surface area contributed by atoms with Gasteiger partial charge in [0.25, 0.3) is 5.91 Å². The van der Waals surface area contributed by atoms with E-state index in [1.165, 1.54) is 0 Å². The minimum atomic E-state index is -0.174. The fourth-order valence-electron chi connectivity index (χ4n) is 1.57. The Kier molecular flexibility index (Phi) is 8.51. The van der Waals surface area contributed by atoms with Gasteiger partial charge in [-0.05, 0) is 63.8 Å². The molecule has 0 unspecified atom stereocenters. The van der Waals surface area contributed by atoms with E-state index in [4.69, 9.17) is 0 Å². The molecule has 0 heterocycles. The van der Waals surface area contributed by atoms with Crippen LogP contribution in [0.15, 0.2) is 30.7 Å². The second-order valence-corrected chi connectivity index (χ2v) is 7.21. The molecule has 1 rings (SSSR count). The number of carbonyl (C=O) groups excluding carboxylic acids is 1. The average molecular weight is 484 g/mol. The summed E-state index contributed by atoms with van der Waals surface area (Å²) in [6, 6.07) is 3.83. The molecule has 21 heavy (non-hydrogen) atoms. The molecular formula is C14H18Br3N3O. The highest BCUT2D eigenvalue weighted by Crippen LogP contribution is 2.34. The third kappa shape index (κ3) is 6.93. The highest BCUT2D eigenvalue weighted by atomic mass is 79.9. The van der Waals surface area contributed by atoms with Crippen molar-refractivity contribution in [3.8, 4) is 0 Å². The van der Waals surface area contributed by atoms with Gasteiger partial charge in [0.15, 0.2) is 0 Å². The maximum absolute atomic E-state index is 11.8. The van der Waals surface area contributed by atoms with Gasteiger partial charge in [-0.2, -0.15) is 5.10 Å². The number of carbonyl (C=O) groups is 1. The van der Waals surface area contributed by atoms with Gasteiger partial charge in [0.1, 0.15) is 0 Å². The van der Waals surface area contributed by atoms with E-state index < -0.39 is 0 Å². The Morgan fingerprint density at radius 2 is 1.86 bits per heavy atom. The zero-order valence-corrected chi connectivity index (χ0v) is 16.7. The van der Waals surface area contributed by atoms with Crippen molar-refractivity contribution in [2.24, 2.45) is 5.10 Å². The lowest BCUT2D eigenvalue weighted by Crippen LogP contribution is -2.26. The first-order valence-corrected chi connectivity index (χ1v) is 9.02. The normalized spacial score (nSPS) is 11.4. The van der Waals surface area contributed by atoms with Gasteiger partial charge in [0.05, 0.1) is 12.2 Å². The smallest absolute Gasteiger partial charge is 0.259 e. The van der Waals surface area contributed by atoms with Crippen molar-refractivity contribution >= 4 is 65.1 Å². The lowest BCUT2D eigenvalue weighted by atomic mass is 10.2. The van der Waals surface area contributed by atoms with Crippen molar-refractivity contribution < 1.29 is 4.79 Å². The molecule has 4 nitrogen and oxygen atoms in total. The molecule has 0 spiro atoms. The van der Waals surface area contributed by atoms with Crippen molar-refractivity contribution in [1.29, 1.82) is 0 Å². The van der Waals surface area contributed by atoms with Gasteiger partial charge in [-0.1, -0.05) is 29.3 Å². The summed E-state index contributed by atoms with van der Waals surface area (Å²) in [6.07, 6.45) is 3.12. The molecule has 1 aromatic carbocycles. The number of nitrogens with zero attached hydrogens (tertiary/aromatic N) is 1. The summed E-state index contributed by atoms with van der Waals surface area (Å²) in [5.74, 6) is -0.174. The number of anilines is 1. The Morgan fingerprint density at radius 1 is 1.24 bits per heavy atom. The molecule has 0 aliphatic rings. The van der Waals surface area contributed by atoms with E-state index in [1.807, 2.05) is 19.1 Å². The first-order chi connectivity index (χ1) is 9.93. The quantitative estimate of drug-likeness (QED) is 0.420. The Balaban J connectivity index is 2.50. The maximum atomic E-state index is 11.8. The molecule has 0 fully saturated rings. The van der Waals surface area contributed by atoms with Crippen LogP contribution in [0.5, 0.6) is 0 Å². The number of hydrazone groups is 1. The molecule has 0 aliphatic heterocycles. The Morgan fingerprint density at radius 3 is 2.43 bits per heavy atom. The van der Waals surface area contributed by atoms with Crippen LogP contribution in [-0.4, -0.2) is 18.2 Å². The molecule has 0 bridgehead atoms. The number of amides is 1. The largest absolute Gasteiger partial charge is 0.374 e. The highest BCUT2D eigenvalue weighted by Gasteiger charge is 2.08. The fourth-order valence-corrected chi connectivity index (χ4v) is 4.10. The molecule has 0 saturated carbocycles. The number of nitrogens with one attached hydrogen (secondary N) is 2. The number of hydrogen-bond donors (Lipinski definition) is 2. The van der Waals surface area contributed by atoms with Crippen LogP contribution in [0, 0.1) is 0 Å². The predicted octanol–water partition coefficient (Wildman–Crippen LogP) is 5.07. The number of benzene rings is 1. The van der Waals surface area contributed by atoms with Crippen molar-refractivity contribution in [1.82, 2.24) is 5.43 Å². The first kappa shape index (κ1) is 18.6. The van der Waals surface area contributed by atoms with Crippen LogP contribution >= 0.6 is 47.8 Å². The van der Waals surface area contributed by atoms with Crippen LogP contribution in [0.1, 0.15) is 33.1 Å². The van der Waals surface area contributed by atoms with Gasteiger partial charge in [-0.3, -0.25) is 4.79 Å².